The lowest BCUT2D eigenvalue weighted by Gasteiger charge is -2.17. The maximum Gasteiger partial charge on any atom is 0.272 e. The number of aryl methyl sites for hydroxylation is 1. The molecule has 1 unspecified atom stereocenters. The fourth-order valence-corrected chi connectivity index (χ4v) is 3.32. The zero-order chi connectivity index (χ0) is 21.8. The first-order valence-corrected chi connectivity index (χ1v) is 9.99. The van der Waals surface area contributed by atoms with Crippen LogP contribution in [0, 0.1) is 12.8 Å². The number of nitrogens with one attached hydrogen (secondary N) is 1. The molecule has 1 aliphatic carbocycles. The van der Waals surface area contributed by atoms with Gasteiger partial charge in [-0.1, -0.05) is 17.7 Å². The highest BCUT2D eigenvalue weighted by atomic mass is 35.5. The minimum absolute atomic E-state index is 0.0983. The summed E-state index contributed by atoms with van der Waals surface area (Å²) < 4.78 is 29.5. The van der Waals surface area contributed by atoms with Crippen molar-refractivity contribution in [2.45, 2.75) is 45.6 Å². The number of hydrogen-bond acceptors (Lipinski definition) is 5. The van der Waals surface area contributed by atoms with Crippen molar-refractivity contribution in [3.05, 3.63) is 52.1 Å². The van der Waals surface area contributed by atoms with Crippen molar-refractivity contribution in [3.63, 3.8) is 0 Å². The summed E-state index contributed by atoms with van der Waals surface area (Å²) in [5, 5.41) is 3.09. The highest BCUT2D eigenvalue weighted by Crippen LogP contribution is 2.31. The van der Waals surface area contributed by atoms with Crippen molar-refractivity contribution in [2.75, 3.05) is 6.61 Å². The first-order valence-electron chi connectivity index (χ1n) is 9.61. The predicted molar refractivity (Wildman–Crippen MR) is 107 cm³/mol. The standard InChI is InChI=1S/C21H22ClF2N3O3/c1-11-7-17(27-20(25-11)9-18(28)13-3-4-13)21(29)26-12(2)15-6-5-14(8-16(15)22)30-10-19(23)24/h5-8,12-13,19H,3-4,9-10H2,1-2H3,(H,26,29). The predicted octanol–water partition coefficient (Wildman–Crippen LogP) is 4.09. The van der Waals surface area contributed by atoms with Crippen LogP contribution in [0.5, 0.6) is 5.75 Å². The molecule has 0 bridgehead atoms. The number of benzene rings is 1. The number of rotatable bonds is 9. The average Bonchev–Trinajstić information content (AvgIpc) is 3.51. The Kier molecular flexibility index (Phi) is 6.97. The number of aromatic nitrogens is 2. The van der Waals surface area contributed by atoms with Crippen molar-refractivity contribution < 1.29 is 23.1 Å². The van der Waals surface area contributed by atoms with Gasteiger partial charge in [-0.15, -0.1) is 0 Å². The van der Waals surface area contributed by atoms with E-state index in [2.05, 4.69) is 15.3 Å². The Labute approximate surface area is 178 Å². The lowest BCUT2D eigenvalue weighted by molar-refractivity contribution is -0.119. The molecule has 30 heavy (non-hydrogen) atoms. The van der Waals surface area contributed by atoms with Crippen molar-refractivity contribution in [2.24, 2.45) is 5.92 Å². The number of hydrogen-bond donors (Lipinski definition) is 1. The number of ether oxygens (including phenoxy) is 1. The van der Waals surface area contributed by atoms with Gasteiger partial charge in [0.1, 0.15) is 29.7 Å². The van der Waals surface area contributed by atoms with Crippen LogP contribution in [0.4, 0.5) is 8.78 Å². The summed E-state index contributed by atoms with van der Waals surface area (Å²) in [6, 6.07) is 5.64. The summed E-state index contributed by atoms with van der Waals surface area (Å²) in [6.45, 7) is 2.76. The van der Waals surface area contributed by atoms with E-state index in [0.29, 0.717) is 17.1 Å². The number of alkyl halides is 2. The third kappa shape index (κ3) is 5.95. The topological polar surface area (TPSA) is 81.2 Å². The second kappa shape index (κ2) is 9.47. The van der Waals surface area contributed by atoms with Crippen LogP contribution < -0.4 is 10.1 Å². The van der Waals surface area contributed by atoms with Gasteiger partial charge < -0.3 is 10.1 Å². The molecule has 0 spiro atoms. The number of nitrogens with zero attached hydrogens (tertiary/aromatic N) is 2. The largest absolute Gasteiger partial charge is 0.488 e. The third-order valence-electron chi connectivity index (χ3n) is 4.66. The number of halogens is 3. The molecule has 1 N–H and O–H groups in total. The summed E-state index contributed by atoms with van der Waals surface area (Å²) in [5.74, 6) is 0.326. The Morgan fingerprint density at radius 3 is 2.63 bits per heavy atom. The van der Waals surface area contributed by atoms with Crippen molar-refractivity contribution >= 4 is 23.3 Å². The van der Waals surface area contributed by atoms with E-state index in [1.165, 1.54) is 12.1 Å². The molecule has 1 aromatic carbocycles. The maximum absolute atomic E-state index is 12.7. The highest BCUT2D eigenvalue weighted by Gasteiger charge is 2.30. The van der Waals surface area contributed by atoms with Crippen LogP contribution in [-0.2, 0) is 11.2 Å². The Balaban J connectivity index is 1.67. The molecule has 1 amide bonds. The molecule has 2 aromatic rings. The van der Waals surface area contributed by atoms with E-state index in [9.17, 15) is 18.4 Å². The van der Waals surface area contributed by atoms with Crippen LogP contribution in [0.3, 0.4) is 0 Å². The lowest BCUT2D eigenvalue weighted by Crippen LogP contribution is -2.28. The van der Waals surface area contributed by atoms with Gasteiger partial charge in [-0.05, 0) is 50.5 Å². The molecular weight excluding hydrogens is 416 g/mol. The second-order valence-corrected chi connectivity index (χ2v) is 7.72. The molecule has 0 radical (unpaired) electrons. The fourth-order valence-electron chi connectivity index (χ4n) is 2.99. The minimum Gasteiger partial charge on any atom is -0.488 e. The van der Waals surface area contributed by atoms with Crippen LogP contribution >= 0.6 is 11.6 Å². The normalized spacial score (nSPS) is 14.5. The van der Waals surface area contributed by atoms with E-state index in [4.69, 9.17) is 16.3 Å². The molecule has 0 saturated heterocycles. The zero-order valence-electron chi connectivity index (χ0n) is 16.6. The molecule has 1 fully saturated rings. The van der Waals surface area contributed by atoms with Crippen LogP contribution in [0.25, 0.3) is 0 Å². The maximum atomic E-state index is 12.7. The summed E-state index contributed by atoms with van der Waals surface area (Å²) in [4.78, 5) is 33.2. The van der Waals surface area contributed by atoms with E-state index in [0.717, 1.165) is 12.8 Å². The van der Waals surface area contributed by atoms with E-state index in [-0.39, 0.29) is 34.6 Å². The van der Waals surface area contributed by atoms with Crippen LogP contribution in [-0.4, -0.2) is 34.7 Å². The lowest BCUT2D eigenvalue weighted by atomic mass is 10.1. The number of carbonyl (C=O) groups is 2. The molecule has 1 aromatic heterocycles. The number of amides is 1. The molecule has 3 rings (SSSR count). The third-order valence-corrected chi connectivity index (χ3v) is 4.99. The van der Waals surface area contributed by atoms with Gasteiger partial charge in [0.05, 0.1) is 12.5 Å². The van der Waals surface area contributed by atoms with E-state index < -0.39 is 25.0 Å². The first-order chi connectivity index (χ1) is 14.2. The molecular formula is C21H22ClF2N3O3. The van der Waals surface area contributed by atoms with Crippen molar-refractivity contribution in [1.29, 1.82) is 0 Å². The second-order valence-electron chi connectivity index (χ2n) is 7.31. The van der Waals surface area contributed by atoms with Crippen molar-refractivity contribution in [1.82, 2.24) is 15.3 Å². The Hall–Kier alpha value is -2.61. The summed E-state index contributed by atoms with van der Waals surface area (Å²) in [6.07, 6.45) is -0.652. The SMILES string of the molecule is Cc1cc(C(=O)NC(C)c2ccc(OCC(F)F)cc2Cl)nc(CC(=O)C2CC2)n1. The van der Waals surface area contributed by atoms with Crippen molar-refractivity contribution in [3.8, 4) is 5.75 Å². The molecule has 1 heterocycles. The Morgan fingerprint density at radius 1 is 1.27 bits per heavy atom. The molecule has 0 aliphatic heterocycles. The summed E-state index contributed by atoms with van der Waals surface area (Å²) >= 11 is 6.23. The van der Waals surface area contributed by atoms with Gasteiger partial charge in [-0.25, -0.2) is 18.7 Å². The molecule has 1 saturated carbocycles. The van der Waals surface area contributed by atoms with E-state index in [1.807, 2.05) is 0 Å². The quantitative estimate of drug-likeness (QED) is 0.639. The first kappa shape index (κ1) is 22.1. The summed E-state index contributed by atoms with van der Waals surface area (Å²) in [7, 11) is 0. The molecule has 160 valence electrons. The van der Waals surface area contributed by atoms with Gasteiger partial charge in [0.2, 0.25) is 0 Å². The smallest absolute Gasteiger partial charge is 0.272 e. The van der Waals surface area contributed by atoms with Gasteiger partial charge in [0.15, 0.2) is 0 Å². The van der Waals surface area contributed by atoms with Gasteiger partial charge in [0, 0.05) is 16.6 Å². The monoisotopic (exact) mass is 437 g/mol. The number of carbonyl (C=O) groups excluding carboxylic acids is 2. The molecule has 1 atom stereocenters. The molecule has 1 aliphatic rings. The zero-order valence-corrected chi connectivity index (χ0v) is 17.4. The Bertz CT molecular complexity index is 951. The average molecular weight is 438 g/mol. The van der Waals surface area contributed by atoms with Crippen LogP contribution in [0.2, 0.25) is 5.02 Å². The van der Waals surface area contributed by atoms with Gasteiger partial charge in [-0.3, -0.25) is 9.59 Å². The number of ketones is 1. The molecule has 6 nitrogen and oxygen atoms in total. The van der Waals surface area contributed by atoms with Gasteiger partial charge in [0.25, 0.3) is 12.3 Å². The van der Waals surface area contributed by atoms with Crippen LogP contribution in [0.15, 0.2) is 24.3 Å². The Morgan fingerprint density at radius 2 is 2.00 bits per heavy atom. The minimum atomic E-state index is -2.58. The molecule has 9 heteroatoms. The van der Waals surface area contributed by atoms with Crippen LogP contribution in [0.1, 0.15) is 53.4 Å². The van der Waals surface area contributed by atoms with Gasteiger partial charge in [-0.2, -0.15) is 0 Å². The summed E-state index contributed by atoms with van der Waals surface area (Å²) in [5.41, 5.74) is 1.37. The highest BCUT2D eigenvalue weighted by molar-refractivity contribution is 6.31. The fraction of sp³-hybridized carbons (Fsp3) is 0.429. The van der Waals surface area contributed by atoms with Gasteiger partial charge >= 0.3 is 0 Å². The van der Waals surface area contributed by atoms with E-state index >= 15 is 0 Å². The number of Topliss-reactive ketones (excluding diaryl/α,β-unsaturated/α-hetero) is 1. The van der Waals surface area contributed by atoms with E-state index in [1.54, 1.807) is 26.0 Å².